The topological polar surface area (TPSA) is 78.7 Å². The molecule has 0 bridgehead atoms. The monoisotopic (exact) mass is 296 g/mol. The molecular weight excluding hydrogens is 268 g/mol. The van der Waals surface area contributed by atoms with Gasteiger partial charge in [-0.15, -0.1) is 0 Å². The molecule has 2 aliphatic rings. The third-order valence-electron chi connectivity index (χ3n) is 4.51. The largest absolute Gasteiger partial charge is 0.339 e. The molecule has 0 saturated carbocycles. The van der Waals surface area contributed by atoms with Crippen LogP contribution in [0.15, 0.2) is 0 Å². The maximum atomic E-state index is 12.6. The molecule has 2 amide bonds. The van der Waals surface area contributed by atoms with E-state index in [0.717, 1.165) is 38.9 Å². The van der Waals surface area contributed by atoms with E-state index in [1.165, 1.54) is 0 Å². The van der Waals surface area contributed by atoms with Crippen LogP contribution in [-0.4, -0.2) is 65.9 Å². The fourth-order valence-corrected chi connectivity index (χ4v) is 3.39. The average molecular weight is 296 g/mol. The zero-order valence-corrected chi connectivity index (χ0v) is 13.2. The van der Waals surface area contributed by atoms with Crippen LogP contribution in [-0.2, 0) is 9.59 Å². The van der Waals surface area contributed by atoms with E-state index >= 15 is 0 Å². The zero-order valence-electron chi connectivity index (χ0n) is 13.2. The van der Waals surface area contributed by atoms with Crippen molar-refractivity contribution >= 4 is 11.8 Å². The molecule has 0 aliphatic carbocycles. The highest BCUT2D eigenvalue weighted by Crippen LogP contribution is 2.21. The minimum Gasteiger partial charge on any atom is -0.339 e. The number of hydrogen-bond donors (Lipinski definition) is 2. The molecule has 2 fully saturated rings. The van der Waals surface area contributed by atoms with Gasteiger partial charge in [-0.2, -0.15) is 0 Å². The number of carbonyl (C=O) groups is 2. The Morgan fingerprint density at radius 3 is 2.90 bits per heavy atom. The molecule has 0 aromatic rings. The molecule has 6 nitrogen and oxygen atoms in total. The summed E-state index contributed by atoms with van der Waals surface area (Å²) < 4.78 is 0. The van der Waals surface area contributed by atoms with Crippen LogP contribution in [0.4, 0.5) is 0 Å². The van der Waals surface area contributed by atoms with Crippen LogP contribution in [0, 0.1) is 0 Å². The lowest BCUT2D eigenvalue weighted by atomic mass is 9.93. The summed E-state index contributed by atoms with van der Waals surface area (Å²) in [5.41, 5.74) is 5.38. The number of nitrogens with zero attached hydrogens (tertiary/aromatic N) is 2. The zero-order chi connectivity index (χ0) is 15.5. The molecule has 2 saturated heterocycles. The minimum atomic E-state index is -0.788. The number of hydrogen-bond acceptors (Lipinski definition) is 4. The highest BCUT2D eigenvalue weighted by molar-refractivity contribution is 5.86. The van der Waals surface area contributed by atoms with Gasteiger partial charge < -0.3 is 20.9 Å². The Balaban J connectivity index is 2.00. The van der Waals surface area contributed by atoms with Gasteiger partial charge in [-0.05, 0) is 26.2 Å². The normalized spacial score (nSPS) is 26.6. The summed E-state index contributed by atoms with van der Waals surface area (Å²) in [4.78, 5) is 28.4. The molecule has 3 N–H and O–H groups in total. The average Bonchev–Trinajstić information content (AvgIpc) is 2.47. The van der Waals surface area contributed by atoms with Crippen LogP contribution in [0.25, 0.3) is 0 Å². The van der Waals surface area contributed by atoms with Crippen LogP contribution >= 0.6 is 0 Å². The van der Waals surface area contributed by atoms with Crippen LogP contribution in [0.5, 0.6) is 0 Å². The number of likely N-dealkylation sites (tertiary alicyclic amines) is 1. The first-order chi connectivity index (χ1) is 9.95. The standard InChI is InChI=1S/C15H28N4O2/c1-3-6-15(2,16)14(21)18-8-4-5-12(11-18)19-9-7-17-10-13(19)20/h12,17H,3-11,16H2,1-2H3. The van der Waals surface area contributed by atoms with Gasteiger partial charge in [-0.25, -0.2) is 0 Å². The van der Waals surface area contributed by atoms with E-state index in [2.05, 4.69) is 5.32 Å². The molecule has 2 atom stereocenters. The number of amides is 2. The number of piperidine rings is 1. The third-order valence-corrected chi connectivity index (χ3v) is 4.51. The molecule has 0 spiro atoms. The van der Waals surface area contributed by atoms with Crippen molar-refractivity contribution in [3.8, 4) is 0 Å². The molecule has 0 aromatic carbocycles. The first kappa shape index (κ1) is 16.2. The molecular formula is C15H28N4O2. The summed E-state index contributed by atoms with van der Waals surface area (Å²) >= 11 is 0. The number of nitrogens with two attached hydrogens (primary N) is 1. The van der Waals surface area contributed by atoms with Crippen molar-refractivity contribution in [1.29, 1.82) is 0 Å². The maximum Gasteiger partial charge on any atom is 0.242 e. The molecule has 2 unspecified atom stereocenters. The van der Waals surface area contributed by atoms with Crippen molar-refractivity contribution in [2.75, 3.05) is 32.7 Å². The highest BCUT2D eigenvalue weighted by atomic mass is 16.2. The van der Waals surface area contributed by atoms with Gasteiger partial charge in [0.1, 0.15) is 0 Å². The van der Waals surface area contributed by atoms with E-state index in [4.69, 9.17) is 5.73 Å². The number of rotatable bonds is 4. The third kappa shape index (κ3) is 3.74. The first-order valence-electron chi connectivity index (χ1n) is 8.04. The predicted molar refractivity (Wildman–Crippen MR) is 81.7 cm³/mol. The van der Waals surface area contributed by atoms with Crippen molar-refractivity contribution < 1.29 is 9.59 Å². The highest BCUT2D eigenvalue weighted by Gasteiger charge is 2.36. The Morgan fingerprint density at radius 2 is 2.24 bits per heavy atom. The van der Waals surface area contributed by atoms with Gasteiger partial charge in [-0.1, -0.05) is 13.3 Å². The van der Waals surface area contributed by atoms with Gasteiger partial charge in [0.25, 0.3) is 0 Å². The number of nitrogens with one attached hydrogen (secondary N) is 1. The van der Waals surface area contributed by atoms with E-state index in [1.807, 2.05) is 23.6 Å². The van der Waals surface area contributed by atoms with Crippen molar-refractivity contribution in [2.45, 2.75) is 51.1 Å². The van der Waals surface area contributed by atoms with E-state index in [0.29, 0.717) is 19.5 Å². The van der Waals surface area contributed by atoms with Crippen molar-refractivity contribution in [3.63, 3.8) is 0 Å². The van der Waals surface area contributed by atoms with Gasteiger partial charge in [0.2, 0.25) is 11.8 Å². The predicted octanol–water partition coefficient (Wildman–Crippen LogP) is -0.0733. The Labute approximate surface area is 127 Å². The van der Waals surface area contributed by atoms with Gasteiger partial charge >= 0.3 is 0 Å². The van der Waals surface area contributed by atoms with Gasteiger partial charge in [0.05, 0.1) is 12.1 Å². The maximum absolute atomic E-state index is 12.6. The number of carbonyl (C=O) groups excluding carboxylic acids is 2. The summed E-state index contributed by atoms with van der Waals surface area (Å²) in [6.45, 7) is 7.22. The lowest BCUT2D eigenvalue weighted by Crippen LogP contribution is -2.61. The molecule has 2 heterocycles. The SMILES string of the molecule is CCCC(C)(N)C(=O)N1CCCC(N2CCNCC2=O)C1. The van der Waals surface area contributed by atoms with Crippen LogP contribution in [0.2, 0.25) is 0 Å². The van der Waals surface area contributed by atoms with E-state index in [1.54, 1.807) is 0 Å². The second-order valence-corrected chi connectivity index (χ2v) is 6.48. The van der Waals surface area contributed by atoms with Crippen LogP contribution in [0.1, 0.15) is 39.5 Å². The second kappa shape index (κ2) is 6.75. The van der Waals surface area contributed by atoms with E-state index in [9.17, 15) is 9.59 Å². The quantitative estimate of drug-likeness (QED) is 0.761. The van der Waals surface area contributed by atoms with Crippen molar-refractivity contribution in [3.05, 3.63) is 0 Å². The van der Waals surface area contributed by atoms with E-state index < -0.39 is 5.54 Å². The van der Waals surface area contributed by atoms with Gasteiger partial charge in [0.15, 0.2) is 0 Å². The molecule has 6 heteroatoms. The van der Waals surface area contributed by atoms with Gasteiger partial charge in [0, 0.05) is 32.2 Å². The molecule has 0 radical (unpaired) electrons. The van der Waals surface area contributed by atoms with Crippen molar-refractivity contribution in [1.82, 2.24) is 15.1 Å². The Kier molecular flexibility index (Phi) is 5.22. The summed E-state index contributed by atoms with van der Waals surface area (Å²) in [6, 6.07) is 0.148. The number of piperazine rings is 1. The Morgan fingerprint density at radius 1 is 1.48 bits per heavy atom. The Hall–Kier alpha value is -1.14. The summed E-state index contributed by atoms with van der Waals surface area (Å²) in [7, 11) is 0. The van der Waals surface area contributed by atoms with Crippen LogP contribution in [0.3, 0.4) is 0 Å². The lowest BCUT2D eigenvalue weighted by molar-refractivity contribution is -0.143. The molecule has 21 heavy (non-hydrogen) atoms. The second-order valence-electron chi connectivity index (χ2n) is 6.48. The smallest absolute Gasteiger partial charge is 0.242 e. The molecule has 0 aromatic heterocycles. The Bertz CT molecular complexity index is 397. The molecule has 120 valence electrons. The van der Waals surface area contributed by atoms with Crippen LogP contribution < -0.4 is 11.1 Å². The minimum absolute atomic E-state index is 0.0247. The van der Waals surface area contributed by atoms with Crippen molar-refractivity contribution in [2.24, 2.45) is 5.73 Å². The fraction of sp³-hybridized carbons (Fsp3) is 0.867. The lowest BCUT2D eigenvalue weighted by Gasteiger charge is -2.43. The summed E-state index contributed by atoms with van der Waals surface area (Å²) in [6.07, 6.45) is 3.51. The first-order valence-corrected chi connectivity index (χ1v) is 8.04. The van der Waals surface area contributed by atoms with E-state index in [-0.39, 0.29) is 17.9 Å². The molecule has 2 rings (SSSR count). The molecule has 2 aliphatic heterocycles. The fourth-order valence-electron chi connectivity index (χ4n) is 3.39. The summed E-state index contributed by atoms with van der Waals surface area (Å²) in [5, 5.41) is 3.09. The summed E-state index contributed by atoms with van der Waals surface area (Å²) in [5.74, 6) is 0.168. The van der Waals surface area contributed by atoms with Gasteiger partial charge in [-0.3, -0.25) is 9.59 Å².